The van der Waals surface area contributed by atoms with Crippen molar-refractivity contribution in [2.24, 2.45) is 23.2 Å². The molecule has 0 aromatic carbocycles. The molecule has 2 aromatic heterocycles. The second-order valence-corrected chi connectivity index (χ2v) is 12.7. The standard InChI is InChI=1S/C28H35F2N5OS/c1-16(2)19-7-6-17(3)12-20(19)25-24(26(36)32-21-8-11-28(21)9-4-5-10-28)34-27(37-25)35(15-31)18-13-22(29)33-23(30)14-18/h13-14,16-17,19-21H,4-12H2,1-3H3,(H,32,36). The number of amides is 1. The number of anilines is 2. The largest absolute Gasteiger partial charge is 0.347 e. The Morgan fingerprint density at radius 3 is 2.46 bits per heavy atom. The maximum absolute atomic E-state index is 13.9. The van der Waals surface area contributed by atoms with Gasteiger partial charge in [0.1, 0.15) is 5.69 Å². The predicted octanol–water partition coefficient (Wildman–Crippen LogP) is 7.06. The fourth-order valence-corrected chi connectivity index (χ4v) is 8.18. The maximum atomic E-state index is 13.9. The molecule has 3 aliphatic carbocycles. The quantitative estimate of drug-likeness (QED) is 0.247. The van der Waals surface area contributed by atoms with Gasteiger partial charge in [0, 0.05) is 23.1 Å². The Morgan fingerprint density at radius 1 is 1.16 bits per heavy atom. The molecule has 2 heterocycles. The van der Waals surface area contributed by atoms with E-state index in [1.165, 1.54) is 24.2 Å². The van der Waals surface area contributed by atoms with Crippen molar-refractivity contribution >= 4 is 28.1 Å². The molecule has 3 fully saturated rings. The zero-order valence-electron chi connectivity index (χ0n) is 21.8. The van der Waals surface area contributed by atoms with Crippen molar-refractivity contribution < 1.29 is 13.6 Å². The van der Waals surface area contributed by atoms with E-state index in [1.807, 2.05) is 6.19 Å². The summed E-state index contributed by atoms with van der Waals surface area (Å²) in [4.78, 5) is 23.6. The molecule has 9 heteroatoms. The van der Waals surface area contributed by atoms with E-state index < -0.39 is 11.9 Å². The van der Waals surface area contributed by atoms with Crippen molar-refractivity contribution in [2.75, 3.05) is 4.90 Å². The molecule has 1 spiro atoms. The Kier molecular flexibility index (Phi) is 7.23. The number of carbonyl (C=O) groups excluding carboxylic acids is 1. The smallest absolute Gasteiger partial charge is 0.271 e. The Labute approximate surface area is 221 Å². The van der Waals surface area contributed by atoms with E-state index in [4.69, 9.17) is 0 Å². The zero-order valence-corrected chi connectivity index (χ0v) is 22.6. The van der Waals surface area contributed by atoms with Gasteiger partial charge in [-0.2, -0.15) is 19.0 Å². The van der Waals surface area contributed by atoms with Crippen LogP contribution in [0.25, 0.3) is 0 Å². The van der Waals surface area contributed by atoms with Gasteiger partial charge in [0.2, 0.25) is 17.0 Å². The van der Waals surface area contributed by atoms with Gasteiger partial charge in [0.25, 0.3) is 5.91 Å². The number of aromatic nitrogens is 2. The van der Waals surface area contributed by atoms with E-state index in [0.717, 1.165) is 66.9 Å². The average Bonchev–Trinajstić information content (AvgIpc) is 3.51. The Morgan fingerprint density at radius 2 is 1.86 bits per heavy atom. The Balaban J connectivity index is 1.53. The van der Waals surface area contributed by atoms with E-state index in [2.05, 4.69) is 36.1 Å². The SMILES string of the molecule is CC1CCC(C(C)C)C(c2sc(N(C#N)c3cc(F)nc(F)c3)nc2C(=O)NC2CCC23CCCC3)C1. The minimum absolute atomic E-state index is 0.00100. The summed E-state index contributed by atoms with van der Waals surface area (Å²) in [6, 6.07) is 2.16. The first-order valence-electron chi connectivity index (χ1n) is 13.6. The molecule has 37 heavy (non-hydrogen) atoms. The van der Waals surface area contributed by atoms with Gasteiger partial charge in [-0.25, -0.2) is 9.88 Å². The van der Waals surface area contributed by atoms with E-state index in [-0.39, 0.29) is 34.1 Å². The fourth-order valence-electron chi connectivity index (χ4n) is 6.95. The van der Waals surface area contributed by atoms with Crippen LogP contribution < -0.4 is 10.2 Å². The number of nitrogens with one attached hydrogen (secondary N) is 1. The second-order valence-electron chi connectivity index (χ2n) is 11.7. The number of rotatable bonds is 6. The van der Waals surface area contributed by atoms with Gasteiger partial charge in [-0.05, 0) is 67.6 Å². The normalized spacial score (nSPS) is 26.6. The molecular formula is C28H35F2N5OS. The number of hydrogen-bond donors (Lipinski definition) is 1. The van der Waals surface area contributed by atoms with Crippen molar-refractivity contribution in [3.8, 4) is 6.19 Å². The monoisotopic (exact) mass is 527 g/mol. The summed E-state index contributed by atoms with van der Waals surface area (Å²) in [5.74, 6) is -0.737. The van der Waals surface area contributed by atoms with Crippen LogP contribution in [0.15, 0.2) is 12.1 Å². The van der Waals surface area contributed by atoms with Gasteiger partial charge in [0.15, 0.2) is 6.19 Å². The number of hydrogen-bond acceptors (Lipinski definition) is 6. The highest BCUT2D eigenvalue weighted by Gasteiger charge is 2.49. The Bertz CT molecular complexity index is 1180. The molecule has 0 bridgehead atoms. The summed E-state index contributed by atoms with van der Waals surface area (Å²) in [6.07, 6.45) is 12.1. The van der Waals surface area contributed by atoms with Gasteiger partial charge in [0.05, 0.1) is 5.69 Å². The highest BCUT2D eigenvalue weighted by Crippen LogP contribution is 2.53. The lowest BCUT2D eigenvalue weighted by molar-refractivity contribution is 0.0578. The van der Waals surface area contributed by atoms with Gasteiger partial charge in [-0.1, -0.05) is 51.4 Å². The first-order chi connectivity index (χ1) is 17.7. The molecule has 3 saturated carbocycles. The summed E-state index contributed by atoms with van der Waals surface area (Å²) < 4.78 is 27.8. The molecular weight excluding hydrogens is 492 g/mol. The highest BCUT2D eigenvalue weighted by atomic mass is 32.1. The van der Waals surface area contributed by atoms with Crippen LogP contribution in [0.3, 0.4) is 0 Å². The number of nitrogens with zero attached hydrogens (tertiary/aromatic N) is 4. The van der Waals surface area contributed by atoms with Gasteiger partial charge in [-0.15, -0.1) is 0 Å². The van der Waals surface area contributed by atoms with E-state index in [1.54, 1.807) is 0 Å². The molecule has 0 aliphatic heterocycles. The summed E-state index contributed by atoms with van der Waals surface area (Å²) in [5, 5.41) is 13.5. The zero-order chi connectivity index (χ0) is 26.3. The summed E-state index contributed by atoms with van der Waals surface area (Å²) in [7, 11) is 0. The third-order valence-electron chi connectivity index (χ3n) is 9.09. The minimum Gasteiger partial charge on any atom is -0.347 e. The molecule has 0 radical (unpaired) electrons. The summed E-state index contributed by atoms with van der Waals surface area (Å²) in [5.41, 5.74) is 0.584. The molecule has 0 saturated heterocycles. The van der Waals surface area contributed by atoms with Crippen molar-refractivity contribution in [3.63, 3.8) is 0 Å². The molecule has 6 nitrogen and oxygen atoms in total. The van der Waals surface area contributed by atoms with E-state index in [0.29, 0.717) is 23.4 Å². The molecule has 1 N–H and O–H groups in total. The summed E-state index contributed by atoms with van der Waals surface area (Å²) in [6.45, 7) is 6.68. The highest BCUT2D eigenvalue weighted by molar-refractivity contribution is 7.16. The third-order valence-corrected chi connectivity index (χ3v) is 10.3. The lowest BCUT2D eigenvalue weighted by Gasteiger charge is -2.47. The van der Waals surface area contributed by atoms with Crippen LogP contribution in [0.1, 0.15) is 99.8 Å². The molecule has 5 rings (SSSR count). The number of carbonyl (C=O) groups is 1. The van der Waals surface area contributed by atoms with Gasteiger partial charge in [-0.3, -0.25) is 4.79 Å². The van der Waals surface area contributed by atoms with Crippen molar-refractivity contribution in [3.05, 3.63) is 34.6 Å². The van der Waals surface area contributed by atoms with Crippen LogP contribution in [-0.2, 0) is 0 Å². The first kappa shape index (κ1) is 26.0. The molecule has 198 valence electrons. The molecule has 1 amide bonds. The predicted molar refractivity (Wildman–Crippen MR) is 139 cm³/mol. The topological polar surface area (TPSA) is 81.9 Å². The van der Waals surface area contributed by atoms with Crippen LogP contribution in [0.2, 0.25) is 0 Å². The van der Waals surface area contributed by atoms with Crippen LogP contribution in [0.4, 0.5) is 19.6 Å². The number of pyridine rings is 1. The lowest BCUT2D eigenvalue weighted by Crippen LogP contribution is -2.54. The molecule has 4 unspecified atom stereocenters. The van der Waals surface area contributed by atoms with E-state index in [9.17, 15) is 18.8 Å². The van der Waals surface area contributed by atoms with Gasteiger partial charge >= 0.3 is 0 Å². The fraction of sp³-hybridized carbons (Fsp3) is 0.643. The van der Waals surface area contributed by atoms with Crippen LogP contribution in [0, 0.1) is 46.5 Å². The molecule has 2 aromatic rings. The number of thiazole rings is 1. The molecule has 3 aliphatic rings. The lowest BCUT2D eigenvalue weighted by atomic mass is 9.63. The van der Waals surface area contributed by atoms with Crippen molar-refractivity contribution in [2.45, 2.75) is 90.5 Å². The van der Waals surface area contributed by atoms with Crippen LogP contribution in [0.5, 0.6) is 0 Å². The molecule has 4 atom stereocenters. The minimum atomic E-state index is -1.02. The Hall–Kier alpha value is -2.60. The van der Waals surface area contributed by atoms with Crippen molar-refractivity contribution in [1.82, 2.24) is 15.3 Å². The van der Waals surface area contributed by atoms with Gasteiger partial charge < -0.3 is 5.32 Å². The van der Waals surface area contributed by atoms with Crippen LogP contribution >= 0.6 is 11.3 Å². The first-order valence-corrected chi connectivity index (χ1v) is 14.4. The number of nitriles is 1. The maximum Gasteiger partial charge on any atom is 0.271 e. The van der Waals surface area contributed by atoms with E-state index >= 15 is 0 Å². The third kappa shape index (κ3) is 4.97. The second kappa shape index (κ2) is 10.3. The number of halogens is 2. The van der Waals surface area contributed by atoms with Crippen LogP contribution in [-0.4, -0.2) is 21.9 Å². The van der Waals surface area contributed by atoms with Crippen molar-refractivity contribution in [1.29, 1.82) is 5.26 Å². The summed E-state index contributed by atoms with van der Waals surface area (Å²) >= 11 is 1.30. The average molecular weight is 528 g/mol.